The van der Waals surface area contributed by atoms with Crippen molar-refractivity contribution >= 4 is 11.0 Å². The molecular weight excluding hydrogens is 176 g/mol. The van der Waals surface area contributed by atoms with Crippen LogP contribution in [0.15, 0.2) is 24.4 Å². The van der Waals surface area contributed by atoms with Gasteiger partial charge in [-0.25, -0.2) is 4.98 Å². The molecule has 0 amide bonds. The van der Waals surface area contributed by atoms with E-state index in [1.54, 1.807) is 13.1 Å². The lowest BCUT2D eigenvalue weighted by Crippen LogP contribution is -1.93. The summed E-state index contributed by atoms with van der Waals surface area (Å²) in [5.74, 6) is 0. The molecule has 1 aromatic carbocycles. The Morgan fingerprint density at radius 2 is 2.07 bits per heavy atom. The molecule has 3 nitrogen and oxygen atoms in total. The first-order valence-corrected chi connectivity index (χ1v) is 4.58. The van der Waals surface area contributed by atoms with Gasteiger partial charge in [0.25, 0.3) is 0 Å². The number of aryl methyl sites for hydroxylation is 1. The Kier molecular flexibility index (Phi) is 2.17. The minimum atomic E-state index is -0.456. The highest BCUT2D eigenvalue weighted by Crippen LogP contribution is 2.17. The number of fused-ring (bicyclic) bond motifs is 1. The Labute approximate surface area is 82.4 Å². The van der Waals surface area contributed by atoms with E-state index in [9.17, 15) is 5.11 Å². The number of aliphatic hydroxyl groups is 1. The Bertz CT molecular complexity index is 466. The van der Waals surface area contributed by atoms with Crippen molar-refractivity contribution in [1.82, 2.24) is 9.97 Å². The lowest BCUT2D eigenvalue weighted by Gasteiger charge is -2.05. The summed E-state index contributed by atoms with van der Waals surface area (Å²) >= 11 is 0. The van der Waals surface area contributed by atoms with Crippen LogP contribution in [0.25, 0.3) is 11.0 Å². The van der Waals surface area contributed by atoms with Crippen molar-refractivity contribution in [3.05, 3.63) is 35.7 Å². The first-order valence-electron chi connectivity index (χ1n) is 4.58. The van der Waals surface area contributed by atoms with Crippen molar-refractivity contribution in [1.29, 1.82) is 0 Å². The molecule has 1 atom stereocenters. The molecule has 0 fully saturated rings. The highest BCUT2D eigenvalue weighted by molar-refractivity contribution is 5.74. The van der Waals surface area contributed by atoms with Gasteiger partial charge in [-0.1, -0.05) is 6.07 Å². The van der Waals surface area contributed by atoms with E-state index in [0.29, 0.717) is 0 Å². The lowest BCUT2D eigenvalue weighted by molar-refractivity contribution is 0.199. The molecule has 0 saturated carbocycles. The molecule has 1 aromatic heterocycles. The monoisotopic (exact) mass is 188 g/mol. The second kappa shape index (κ2) is 3.35. The molecule has 3 heteroatoms. The maximum absolute atomic E-state index is 9.39. The summed E-state index contributed by atoms with van der Waals surface area (Å²) in [6, 6.07) is 5.63. The zero-order valence-electron chi connectivity index (χ0n) is 8.23. The highest BCUT2D eigenvalue weighted by Gasteiger charge is 2.03. The van der Waals surface area contributed by atoms with Crippen LogP contribution in [-0.4, -0.2) is 15.1 Å². The topological polar surface area (TPSA) is 46.0 Å². The van der Waals surface area contributed by atoms with Crippen molar-refractivity contribution in [2.24, 2.45) is 0 Å². The maximum atomic E-state index is 9.39. The maximum Gasteiger partial charge on any atom is 0.0890 e. The average Bonchev–Trinajstić information content (AvgIpc) is 2.16. The molecule has 0 bridgehead atoms. The highest BCUT2D eigenvalue weighted by atomic mass is 16.3. The summed E-state index contributed by atoms with van der Waals surface area (Å²) in [5, 5.41) is 9.39. The van der Waals surface area contributed by atoms with Gasteiger partial charge in [-0.15, -0.1) is 0 Å². The quantitative estimate of drug-likeness (QED) is 0.744. The summed E-state index contributed by atoms with van der Waals surface area (Å²) < 4.78 is 0. The van der Waals surface area contributed by atoms with Gasteiger partial charge in [0.15, 0.2) is 0 Å². The van der Waals surface area contributed by atoms with Crippen molar-refractivity contribution in [2.45, 2.75) is 20.0 Å². The van der Waals surface area contributed by atoms with Crippen LogP contribution in [0.4, 0.5) is 0 Å². The molecule has 14 heavy (non-hydrogen) atoms. The van der Waals surface area contributed by atoms with Crippen LogP contribution < -0.4 is 0 Å². The van der Waals surface area contributed by atoms with E-state index in [2.05, 4.69) is 9.97 Å². The van der Waals surface area contributed by atoms with Gasteiger partial charge in [0, 0.05) is 6.20 Å². The van der Waals surface area contributed by atoms with Gasteiger partial charge in [-0.3, -0.25) is 4.98 Å². The van der Waals surface area contributed by atoms with Crippen LogP contribution in [0.5, 0.6) is 0 Å². The van der Waals surface area contributed by atoms with Gasteiger partial charge < -0.3 is 5.11 Å². The zero-order valence-corrected chi connectivity index (χ0v) is 8.23. The number of aliphatic hydroxyl groups excluding tert-OH is 1. The van der Waals surface area contributed by atoms with Crippen LogP contribution in [0.3, 0.4) is 0 Å². The first-order chi connectivity index (χ1) is 6.66. The molecule has 0 saturated heterocycles. The zero-order chi connectivity index (χ0) is 10.1. The fraction of sp³-hybridized carbons (Fsp3) is 0.273. The van der Waals surface area contributed by atoms with Crippen LogP contribution in [0.1, 0.15) is 24.3 Å². The second-order valence-corrected chi connectivity index (χ2v) is 3.44. The molecule has 2 rings (SSSR count). The first kappa shape index (κ1) is 9.09. The van der Waals surface area contributed by atoms with Gasteiger partial charge in [0.1, 0.15) is 0 Å². The van der Waals surface area contributed by atoms with E-state index >= 15 is 0 Å². The summed E-state index contributed by atoms with van der Waals surface area (Å²) in [4.78, 5) is 8.58. The number of aromatic nitrogens is 2. The van der Waals surface area contributed by atoms with Crippen molar-refractivity contribution < 1.29 is 5.11 Å². The van der Waals surface area contributed by atoms with Crippen LogP contribution in [0.2, 0.25) is 0 Å². The number of hydrogen-bond donors (Lipinski definition) is 1. The molecular formula is C11H12N2O. The Morgan fingerprint density at radius 3 is 2.79 bits per heavy atom. The Morgan fingerprint density at radius 1 is 1.29 bits per heavy atom. The molecule has 0 radical (unpaired) electrons. The summed E-state index contributed by atoms with van der Waals surface area (Å²) in [6.07, 6.45) is 1.27. The SMILES string of the molecule is Cc1cnc2cc(C(C)O)ccc2n1. The van der Waals surface area contributed by atoms with Crippen molar-refractivity contribution in [3.63, 3.8) is 0 Å². The van der Waals surface area contributed by atoms with Crippen LogP contribution >= 0.6 is 0 Å². The van der Waals surface area contributed by atoms with E-state index in [-0.39, 0.29) is 0 Å². The van der Waals surface area contributed by atoms with E-state index in [1.807, 2.05) is 25.1 Å². The predicted molar refractivity (Wildman–Crippen MR) is 54.9 cm³/mol. The third-order valence-corrected chi connectivity index (χ3v) is 2.17. The van der Waals surface area contributed by atoms with E-state index in [0.717, 1.165) is 22.3 Å². The predicted octanol–water partition coefficient (Wildman–Crippen LogP) is 1.99. The summed E-state index contributed by atoms with van der Waals surface area (Å²) in [5.41, 5.74) is 3.47. The molecule has 0 aliphatic rings. The number of rotatable bonds is 1. The van der Waals surface area contributed by atoms with E-state index in [4.69, 9.17) is 0 Å². The van der Waals surface area contributed by atoms with E-state index in [1.165, 1.54) is 0 Å². The number of benzene rings is 1. The molecule has 1 unspecified atom stereocenters. The third-order valence-electron chi connectivity index (χ3n) is 2.17. The summed E-state index contributed by atoms with van der Waals surface area (Å²) in [7, 11) is 0. The average molecular weight is 188 g/mol. The van der Waals surface area contributed by atoms with Gasteiger partial charge in [0.2, 0.25) is 0 Å². The fourth-order valence-electron chi connectivity index (χ4n) is 1.38. The number of hydrogen-bond acceptors (Lipinski definition) is 3. The second-order valence-electron chi connectivity index (χ2n) is 3.44. The largest absolute Gasteiger partial charge is 0.389 e. The van der Waals surface area contributed by atoms with E-state index < -0.39 is 6.10 Å². The Hall–Kier alpha value is -1.48. The third kappa shape index (κ3) is 1.59. The molecule has 0 aliphatic carbocycles. The van der Waals surface area contributed by atoms with Crippen molar-refractivity contribution in [3.8, 4) is 0 Å². The molecule has 1 heterocycles. The Balaban J connectivity index is 2.62. The van der Waals surface area contributed by atoms with Crippen molar-refractivity contribution in [2.75, 3.05) is 0 Å². The normalized spacial score (nSPS) is 13.1. The van der Waals surface area contributed by atoms with Gasteiger partial charge >= 0.3 is 0 Å². The minimum Gasteiger partial charge on any atom is -0.389 e. The van der Waals surface area contributed by atoms with Crippen LogP contribution in [-0.2, 0) is 0 Å². The molecule has 0 spiro atoms. The molecule has 2 aromatic rings. The summed E-state index contributed by atoms with van der Waals surface area (Å²) in [6.45, 7) is 3.65. The van der Waals surface area contributed by atoms with Gasteiger partial charge in [0.05, 0.1) is 22.8 Å². The van der Waals surface area contributed by atoms with Gasteiger partial charge in [-0.2, -0.15) is 0 Å². The van der Waals surface area contributed by atoms with Crippen LogP contribution in [0, 0.1) is 6.92 Å². The smallest absolute Gasteiger partial charge is 0.0890 e. The lowest BCUT2D eigenvalue weighted by atomic mass is 10.1. The fourth-order valence-corrected chi connectivity index (χ4v) is 1.38. The van der Waals surface area contributed by atoms with Gasteiger partial charge in [-0.05, 0) is 31.5 Å². The molecule has 72 valence electrons. The minimum absolute atomic E-state index is 0.456. The number of nitrogens with zero attached hydrogens (tertiary/aromatic N) is 2. The molecule has 0 aliphatic heterocycles. The standard InChI is InChI=1S/C11H12N2O/c1-7-6-12-11-5-9(8(2)14)3-4-10(11)13-7/h3-6,8,14H,1-2H3. The molecule has 1 N–H and O–H groups in total.